The average molecular weight is 308 g/mol. The Morgan fingerprint density at radius 3 is 2.62 bits per heavy atom. The second-order valence-electron chi connectivity index (χ2n) is 4.39. The minimum atomic E-state index is -0.719. The van der Waals surface area contributed by atoms with Gasteiger partial charge in [-0.05, 0) is 42.8 Å². The van der Waals surface area contributed by atoms with Crippen LogP contribution in [0.5, 0.6) is 0 Å². The number of hydrogen-bond acceptors (Lipinski definition) is 3. The number of hydrogen-bond donors (Lipinski definition) is 1. The minimum Gasteiger partial charge on any atom is -0.464 e. The van der Waals surface area contributed by atoms with E-state index in [1.165, 1.54) is 12.1 Å². The normalized spacial score (nSPS) is 11.8. The third kappa shape index (κ3) is 4.20. The number of benzene rings is 2. The number of esters is 1. The molecule has 0 aliphatic rings. The molecule has 1 atom stereocenters. The van der Waals surface area contributed by atoms with Crippen molar-refractivity contribution in [3.05, 3.63) is 64.9 Å². The summed E-state index contributed by atoms with van der Waals surface area (Å²) in [6.45, 7) is 2.01. The summed E-state index contributed by atoms with van der Waals surface area (Å²) in [5, 5.41) is 3.56. The van der Waals surface area contributed by atoms with E-state index in [9.17, 15) is 9.18 Å². The van der Waals surface area contributed by atoms with E-state index in [4.69, 9.17) is 16.3 Å². The quantitative estimate of drug-likeness (QED) is 0.842. The molecule has 0 spiro atoms. The number of ether oxygens (including phenoxy) is 1. The monoisotopic (exact) mass is 307 g/mol. The number of nitrogens with one attached hydrogen (secondary N) is 1. The van der Waals surface area contributed by atoms with Crippen LogP contribution in [0.2, 0.25) is 5.02 Å². The van der Waals surface area contributed by atoms with Gasteiger partial charge in [-0.3, -0.25) is 0 Å². The molecule has 0 saturated carbocycles. The van der Waals surface area contributed by atoms with Gasteiger partial charge in [0.05, 0.1) is 6.61 Å². The Bertz CT molecular complexity index is 616. The summed E-state index contributed by atoms with van der Waals surface area (Å²) in [4.78, 5) is 12.1. The van der Waals surface area contributed by atoms with Crippen LogP contribution in [0.4, 0.5) is 10.1 Å². The molecule has 0 bridgehead atoms. The van der Waals surface area contributed by atoms with Crippen molar-refractivity contribution in [3.8, 4) is 0 Å². The molecule has 3 nitrogen and oxygen atoms in total. The molecule has 21 heavy (non-hydrogen) atoms. The van der Waals surface area contributed by atoms with Crippen molar-refractivity contribution in [3.63, 3.8) is 0 Å². The first-order chi connectivity index (χ1) is 10.1. The lowest BCUT2D eigenvalue weighted by Crippen LogP contribution is -2.23. The number of carbonyl (C=O) groups excluding carboxylic acids is 1. The van der Waals surface area contributed by atoms with Gasteiger partial charge in [-0.1, -0.05) is 29.8 Å². The molecule has 0 heterocycles. The Morgan fingerprint density at radius 1 is 1.29 bits per heavy atom. The van der Waals surface area contributed by atoms with Gasteiger partial charge < -0.3 is 10.1 Å². The maximum atomic E-state index is 13.2. The van der Waals surface area contributed by atoms with E-state index in [1.54, 1.807) is 43.3 Å². The molecule has 1 N–H and O–H groups in total. The van der Waals surface area contributed by atoms with Crippen LogP contribution in [0, 0.1) is 5.82 Å². The van der Waals surface area contributed by atoms with Gasteiger partial charge in [-0.2, -0.15) is 0 Å². The molecule has 0 amide bonds. The highest BCUT2D eigenvalue weighted by atomic mass is 35.5. The fourth-order valence-electron chi connectivity index (χ4n) is 1.90. The highest BCUT2D eigenvalue weighted by Crippen LogP contribution is 2.23. The van der Waals surface area contributed by atoms with Gasteiger partial charge in [0.1, 0.15) is 5.82 Å². The summed E-state index contributed by atoms with van der Waals surface area (Å²) in [7, 11) is 0. The second-order valence-corrected chi connectivity index (χ2v) is 4.83. The highest BCUT2D eigenvalue weighted by Gasteiger charge is 2.22. The first kappa shape index (κ1) is 15.3. The van der Waals surface area contributed by atoms with Crippen LogP contribution in [0.15, 0.2) is 48.5 Å². The van der Waals surface area contributed by atoms with E-state index in [2.05, 4.69) is 5.32 Å². The molecule has 0 aromatic heterocycles. The molecule has 2 aromatic carbocycles. The molecular weight excluding hydrogens is 293 g/mol. The van der Waals surface area contributed by atoms with Crippen LogP contribution in [0.25, 0.3) is 0 Å². The zero-order chi connectivity index (χ0) is 15.2. The van der Waals surface area contributed by atoms with Gasteiger partial charge in [0, 0.05) is 10.7 Å². The van der Waals surface area contributed by atoms with Crippen LogP contribution in [-0.2, 0) is 9.53 Å². The van der Waals surface area contributed by atoms with Crippen molar-refractivity contribution in [1.29, 1.82) is 0 Å². The lowest BCUT2D eigenvalue weighted by Gasteiger charge is -2.19. The molecule has 0 saturated heterocycles. The van der Waals surface area contributed by atoms with Crippen molar-refractivity contribution in [1.82, 2.24) is 0 Å². The van der Waals surface area contributed by atoms with E-state index in [1.807, 2.05) is 0 Å². The molecule has 1 unspecified atom stereocenters. The van der Waals surface area contributed by atoms with E-state index in [-0.39, 0.29) is 12.4 Å². The van der Waals surface area contributed by atoms with Crippen LogP contribution < -0.4 is 5.32 Å². The lowest BCUT2D eigenvalue weighted by molar-refractivity contribution is -0.144. The third-order valence-corrected chi connectivity index (χ3v) is 3.11. The van der Waals surface area contributed by atoms with Crippen molar-refractivity contribution < 1.29 is 13.9 Å². The Hall–Kier alpha value is -2.07. The van der Waals surface area contributed by atoms with Gasteiger partial charge >= 0.3 is 5.97 Å². The Morgan fingerprint density at radius 2 is 2.00 bits per heavy atom. The first-order valence-corrected chi connectivity index (χ1v) is 6.92. The van der Waals surface area contributed by atoms with Crippen molar-refractivity contribution >= 4 is 23.3 Å². The van der Waals surface area contributed by atoms with Crippen LogP contribution in [-0.4, -0.2) is 12.6 Å². The van der Waals surface area contributed by atoms with Crippen LogP contribution in [0.3, 0.4) is 0 Å². The average Bonchev–Trinajstić information content (AvgIpc) is 2.46. The summed E-state index contributed by atoms with van der Waals surface area (Å²) >= 11 is 5.85. The smallest absolute Gasteiger partial charge is 0.333 e. The topological polar surface area (TPSA) is 38.3 Å². The summed E-state index contributed by atoms with van der Waals surface area (Å²) in [5.74, 6) is -0.803. The van der Waals surface area contributed by atoms with Gasteiger partial charge in [0.2, 0.25) is 0 Å². The maximum absolute atomic E-state index is 13.2. The predicted octanol–water partition coefficient (Wildman–Crippen LogP) is 4.20. The Balaban J connectivity index is 2.27. The van der Waals surface area contributed by atoms with E-state index >= 15 is 0 Å². The summed E-state index contributed by atoms with van der Waals surface area (Å²) in [6, 6.07) is 12.0. The van der Waals surface area contributed by atoms with Crippen molar-refractivity contribution in [2.45, 2.75) is 13.0 Å². The van der Waals surface area contributed by atoms with E-state index in [0.717, 1.165) is 0 Å². The molecule has 0 fully saturated rings. The van der Waals surface area contributed by atoms with Crippen molar-refractivity contribution in [2.24, 2.45) is 0 Å². The highest BCUT2D eigenvalue weighted by molar-refractivity contribution is 6.30. The van der Waals surface area contributed by atoms with Gasteiger partial charge in [-0.25, -0.2) is 9.18 Å². The number of anilines is 1. The molecule has 0 aliphatic heterocycles. The lowest BCUT2D eigenvalue weighted by atomic mass is 10.1. The summed E-state index contributed by atoms with van der Waals surface area (Å²) in [6.07, 6.45) is 0. The molecule has 2 aromatic rings. The number of carbonyl (C=O) groups is 1. The standard InChI is InChI=1S/C16H15ClFNO2/c1-2-21-16(20)15(11-6-8-12(17)9-7-11)19-14-5-3-4-13(18)10-14/h3-10,15,19H,2H2,1H3. The van der Waals surface area contributed by atoms with Crippen LogP contribution >= 0.6 is 11.6 Å². The molecule has 110 valence electrons. The van der Waals surface area contributed by atoms with E-state index in [0.29, 0.717) is 16.3 Å². The SMILES string of the molecule is CCOC(=O)C(Nc1cccc(F)c1)c1ccc(Cl)cc1. The zero-order valence-electron chi connectivity index (χ0n) is 11.5. The molecule has 0 aliphatic carbocycles. The fourth-order valence-corrected chi connectivity index (χ4v) is 2.03. The van der Waals surface area contributed by atoms with Crippen molar-refractivity contribution in [2.75, 3.05) is 11.9 Å². The fraction of sp³-hybridized carbons (Fsp3) is 0.188. The number of rotatable bonds is 5. The zero-order valence-corrected chi connectivity index (χ0v) is 12.2. The second kappa shape index (κ2) is 7.09. The summed E-state index contributed by atoms with van der Waals surface area (Å²) in [5.41, 5.74) is 1.20. The van der Waals surface area contributed by atoms with Crippen LogP contribution in [0.1, 0.15) is 18.5 Å². The molecule has 2 rings (SSSR count). The van der Waals surface area contributed by atoms with Gasteiger partial charge in [0.25, 0.3) is 0 Å². The van der Waals surface area contributed by atoms with E-state index < -0.39 is 12.0 Å². The Kier molecular flexibility index (Phi) is 5.17. The largest absolute Gasteiger partial charge is 0.464 e. The van der Waals surface area contributed by atoms with Gasteiger partial charge in [-0.15, -0.1) is 0 Å². The predicted molar refractivity (Wildman–Crippen MR) is 80.8 cm³/mol. The molecule has 5 heteroatoms. The Labute approximate surface area is 127 Å². The third-order valence-electron chi connectivity index (χ3n) is 2.86. The van der Waals surface area contributed by atoms with Gasteiger partial charge in [0.15, 0.2) is 6.04 Å². The number of halogens is 2. The molecule has 0 radical (unpaired) electrons. The summed E-state index contributed by atoms with van der Waals surface area (Å²) < 4.78 is 18.3. The maximum Gasteiger partial charge on any atom is 0.333 e. The first-order valence-electron chi connectivity index (χ1n) is 6.54. The minimum absolute atomic E-state index is 0.272. The molecular formula is C16H15ClFNO2.